The molecule has 0 amide bonds. The summed E-state index contributed by atoms with van der Waals surface area (Å²) in [7, 11) is 0. The van der Waals surface area contributed by atoms with Crippen molar-refractivity contribution < 1.29 is 18.2 Å². The molecule has 0 aromatic carbocycles. The van der Waals surface area contributed by atoms with E-state index in [-0.39, 0.29) is 18.1 Å². The largest absolute Gasteiger partial charge is 0.461 e. The van der Waals surface area contributed by atoms with E-state index >= 15 is 0 Å². The molecule has 0 spiro atoms. The molecule has 11 heavy (non-hydrogen) atoms. The van der Waals surface area contributed by atoms with Crippen LogP contribution in [0.25, 0.3) is 0 Å². The minimum atomic E-state index is -2.39. The number of ether oxygens (including phenoxy) is 1. The van der Waals surface area contributed by atoms with Crippen molar-refractivity contribution >= 4 is 5.97 Å². The summed E-state index contributed by atoms with van der Waals surface area (Å²) in [6.07, 6.45) is 0. The highest BCUT2D eigenvalue weighted by Gasteiger charge is 2.10. The van der Waals surface area contributed by atoms with Gasteiger partial charge >= 0.3 is 5.97 Å². The zero-order chi connectivity index (χ0) is 10.8. The minimum absolute atomic E-state index is 0.127. The van der Waals surface area contributed by atoms with Crippen LogP contribution in [0.1, 0.15) is 27.3 Å². The van der Waals surface area contributed by atoms with Crippen molar-refractivity contribution in [2.24, 2.45) is 0 Å². The Morgan fingerprint density at radius 3 is 3.36 bits per heavy atom. The van der Waals surface area contributed by atoms with Crippen molar-refractivity contribution in [1.82, 2.24) is 5.16 Å². The smallest absolute Gasteiger partial charge is 0.360 e. The van der Waals surface area contributed by atoms with Crippen LogP contribution in [0.4, 0.5) is 0 Å². The van der Waals surface area contributed by atoms with E-state index in [9.17, 15) is 4.79 Å². The van der Waals surface area contributed by atoms with E-state index in [4.69, 9.17) is 4.11 Å². The fourth-order valence-corrected chi connectivity index (χ4v) is 0.576. The normalized spacial score (nSPS) is 14.8. The van der Waals surface area contributed by atoms with Crippen LogP contribution in [0, 0.1) is 6.85 Å². The molecule has 0 fully saturated rings. The second kappa shape index (κ2) is 3.18. The first kappa shape index (κ1) is 4.54. The van der Waals surface area contributed by atoms with Gasteiger partial charge in [-0.2, -0.15) is 0 Å². The van der Waals surface area contributed by atoms with Crippen LogP contribution in [-0.4, -0.2) is 17.7 Å². The average Bonchev–Trinajstić information content (AvgIpc) is 2.51. The van der Waals surface area contributed by atoms with Crippen LogP contribution in [0.3, 0.4) is 0 Å². The Kier molecular flexibility index (Phi) is 1.31. The molecule has 1 rings (SSSR count). The highest BCUT2D eigenvalue weighted by atomic mass is 16.5. The Labute approximate surface area is 68.3 Å². The number of hydrogen-bond donors (Lipinski definition) is 0. The molecular formula is C7H9NO3. The molecule has 1 heterocycles. The zero-order valence-electron chi connectivity index (χ0n) is 8.96. The summed E-state index contributed by atoms with van der Waals surface area (Å²) in [4.78, 5) is 11.1. The Hall–Kier alpha value is -1.32. The Bertz CT molecular complexity index is 331. The molecule has 4 nitrogen and oxygen atoms in total. The predicted molar refractivity (Wildman–Crippen MR) is 37.2 cm³/mol. The maximum absolute atomic E-state index is 11.1. The lowest BCUT2D eigenvalue weighted by atomic mass is 10.4. The van der Waals surface area contributed by atoms with Gasteiger partial charge < -0.3 is 9.26 Å². The van der Waals surface area contributed by atoms with Crippen molar-refractivity contribution in [3.63, 3.8) is 0 Å². The lowest BCUT2D eigenvalue weighted by molar-refractivity contribution is 0.0514. The summed E-state index contributed by atoms with van der Waals surface area (Å²) in [5.74, 6) is -1.01. The summed E-state index contributed by atoms with van der Waals surface area (Å²) < 4.78 is 30.0. The summed E-state index contributed by atoms with van der Waals surface area (Å²) in [5, 5.41) is 3.29. The van der Waals surface area contributed by atoms with Gasteiger partial charge in [0.15, 0.2) is 5.69 Å². The average molecular weight is 158 g/mol. The van der Waals surface area contributed by atoms with Gasteiger partial charge in [0.2, 0.25) is 0 Å². The number of rotatable bonds is 2. The first-order valence-electron chi connectivity index (χ1n) is 4.59. The number of esters is 1. The summed E-state index contributed by atoms with van der Waals surface area (Å²) in [6.45, 7) is -0.546. The second-order valence-electron chi connectivity index (χ2n) is 1.80. The molecule has 0 bridgehead atoms. The van der Waals surface area contributed by atoms with Crippen LogP contribution < -0.4 is 0 Å². The van der Waals surface area contributed by atoms with Gasteiger partial charge in [-0.15, -0.1) is 0 Å². The number of aryl methyl sites for hydroxylation is 1. The minimum Gasteiger partial charge on any atom is -0.461 e. The maximum Gasteiger partial charge on any atom is 0.360 e. The van der Waals surface area contributed by atoms with Gasteiger partial charge in [-0.3, -0.25) is 0 Å². The molecule has 0 N–H and O–H groups in total. The highest BCUT2D eigenvalue weighted by Crippen LogP contribution is 2.02. The fourth-order valence-electron chi connectivity index (χ4n) is 0.576. The van der Waals surface area contributed by atoms with Gasteiger partial charge in [0.05, 0.1) is 6.61 Å². The van der Waals surface area contributed by atoms with Crippen molar-refractivity contribution in [2.45, 2.75) is 13.8 Å². The summed E-state index contributed by atoms with van der Waals surface area (Å²) in [5.41, 5.74) is -0.127. The van der Waals surface area contributed by atoms with Crippen molar-refractivity contribution in [1.29, 1.82) is 0 Å². The van der Waals surface area contributed by atoms with Gasteiger partial charge in [-0.1, -0.05) is 5.16 Å². The van der Waals surface area contributed by atoms with Crippen molar-refractivity contribution in [2.75, 3.05) is 6.61 Å². The lowest BCUT2D eigenvalue weighted by Crippen LogP contribution is -2.04. The molecule has 0 unspecified atom stereocenters. The van der Waals surface area contributed by atoms with E-state index in [2.05, 4.69) is 14.4 Å². The Morgan fingerprint density at radius 2 is 2.82 bits per heavy atom. The molecule has 0 saturated heterocycles. The molecular weight excluding hydrogens is 146 g/mol. The fraction of sp³-hybridized carbons (Fsp3) is 0.429. The third-order valence-electron chi connectivity index (χ3n) is 0.995. The third-order valence-corrected chi connectivity index (χ3v) is 0.995. The van der Waals surface area contributed by atoms with Gasteiger partial charge in [0.1, 0.15) is 5.76 Å². The molecule has 0 saturated carbocycles. The molecule has 0 radical (unpaired) electrons. The quantitative estimate of drug-likeness (QED) is 0.606. The molecule has 1 aromatic rings. The number of carbonyl (C=O) groups excluding carboxylic acids is 1. The van der Waals surface area contributed by atoms with Crippen molar-refractivity contribution in [3.05, 3.63) is 17.5 Å². The number of hydrogen-bond acceptors (Lipinski definition) is 4. The zero-order valence-corrected chi connectivity index (χ0v) is 5.96. The monoisotopic (exact) mass is 158 g/mol. The Balaban J connectivity index is 2.83. The summed E-state index contributed by atoms with van der Waals surface area (Å²) >= 11 is 0. The van der Waals surface area contributed by atoms with E-state index < -0.39 is 12.8 Å². The lowest BCUT2D eigenvalue weighted by Gasteiger charge is -1.94. The number of carbonyl (C=O) groups is 1. The molecule has 60 valence electrons. The van der Waals surface area contributed by atoms with E-state index in [0.717, 1.165) is 6.07 Å². The van der Waals surface area contributed by atoms with Gasteiger partial charge in [-0.25, -0.2) is 4.79 Å². The summed E-state index contributed by atoms with van der Waals surface area (Å²) in [6, 6.07) is 1.06. The van der Waals surface area contributed by atoms with Crippen LogP contribution in [0.15, 0.2) is 10.6 Å². The Morgan fingerprint density at radius 1 is 2.00 bits per heavy atom. The van der Waals surface area contributed by atoms with Crippen LogP contribution in [0.5, 0.6) is 0 Å². The SMILES string of the molecule is [2H]C([2H])([2H])c1cc(C(=O)OCC)no1. The molecule has 0 aliphatic carbocycles. The van der Waals surface area contributed by atoms with Crippen LogP contribution in [-0.2, 0) is 4.74 Å². The van der Waals surface area contributed by atoms with Gasteiger partial charge in [0, 0.05) is 10.2 Å². The van der Waals surface area contributed by atoms with E-state index in [1.54, 1.807) is 6.92 Å². The van der Waals surface area contributed by atoms with Crippen molar-refractivity contribution in [3.8, 4) is 0 Å². The van der Waals surface area contributed by atoms with Gasteiger partial charge in [0.25, 0.3) is 0 Å². The second-order valence-corrected chi connectivity index (χ2v) is 1.80. The first-order valence-corrected chi connectivity index (χ1v) is 3.09. The maximum atomic E-state index is 11.1. The standard InChI is InChI=1S/C7H9NO3/c1-3-10-7(9)6-4-5(2)11-8-6/h4H,3H2,1-2H3/i2D3. The molecule has 1 aromatic heterocycles. The highest BCUT2D eigenvalue weighted by molar-refractivity contribution is 5.87. The van der Waals surface area contributed by atoms with Gasteiger partial charge in [-0.05, 0) is 13.8 Å². The molecule has 0 atom stereocenters. The molecule has 4 heteroatoms. The number of aromatic nitrogens is 1. The van der Waals surface area contributed by atoms with E-state index in [1.807, 2.05) is 0 Å². The van der Waals surface area contributed by atoms with Crippen LogP contribution in [0.2, 0.25) is 0 Å². The van der Waals surface area contributed by atoms with E-state index in [1.165, 1.54) is 0 Å². The topological polar surface area (TPSA) is 52.3 Å². The predicted octanol–water partition coefficient (Wildman–Crippen LogP) is 1.16. The molecule has 0 aliphatic rings. The van der Waals surface area contributed by atoms with Crippen LogP contribution >= 0.6 is 0 Å². The molecule has 0 aliphatic heterocycles. The first-order chi connectivity index (χ1) is 6.45. The number of nitrogens with zero attached hydrogens (tertiary/aromatic N) is 1. The third kappa shape index (κ3) is 1.80. The van der Waals surface area contributed by atoms with E-state index in [0.29, 0.717) is 0 Å².